The van der Waals surface area contributed by atoms with Crippen molar-refractivity contribution in [3.8, 4) is 17.0 Å². The van der Waals surface area contributed by atoms with E-state index in [9.17, 15) is 14.7 Å². The van der Waals surface area contributed by atoms with E-state index in [1.807, 2.05) is 54.6 Å². The molecular formula is C30H30N4O4. The number of carbonyl (C=O) groups is 2. The van der Waals surface area contributed by atoms with Crippen LogP contribution in [0.15, 0.2) is 84.0 Å². The van der Waals surface area contributed by atoms with Crippen LogP contribution in [0.5, 0.6) is 5.75 Å². The summed E-state index contributed by atoms with van der Waals surface area (Å²) >= 11 is 0. The van der Waals surface area contributed by atoms with Gasteiger partial charge in [-0.25, -0.2) is 10.2 Å². The van der Waals surface area contributed by atoms with Crippen molar-refractivity contribution >= 4 is 17.6 Å². The van der Waals surface area contributed by atoms with Crippen LogP contribution in [-0.4, -0.2) is 39.6 Å². The number of nitrogens with one attached hydrogen (secondary N) is 1. The fraction of sp³-hybridized carbons (Fsp3) is 0.200. The lowest BCUT2D eigenvalue weighted by atomic mass is 9.86. The highest BCUT2D eigenvalue weighted by molar-refractivity contribution is 6.14. The van der Waals surface area contributed by atoms with Crippen LogP contribution >= 0.6 is 0 Å². The van der Waals surface area contributed by atoms with Gasteiger partial charge >= 0.3 is 5.97 Å². The molecule has 0 saturated heterocycles. The number of hydrazone groups is 1. The minimum Gasteiger partial charge on any atom is -0.504 e. The minimum atomic E-state index is -0.490. The van der Waals surface area contributed by atoms with Crippen LogP contribution in [0, 0.1) is 0 Å². The summed E-state index contributed by atoms with van der Waals surface area (Å²) in [5.74, 6) is -1.02. The Morgan fingerprint density at radius 1 is 0.895 bits per heavy atom. The molecule has 194 valence electrons. The molecule has 1 aromatic heterocycles. The lowest BCUT2D eigenvalue weighted by molar-refractivity contribution is 0.0600. The van der Waals surface area contributed by atoms with E-state index in [0.29, 0.717) is 28.1 Å². The quantitative estimate of drug-likeness (QED) is 0.214. The third kappa shape index (κ3) is 5.49. The second-order valence-corrected chi connectivity index (χ2v) is 9.83. The molecule has 1 heterocycles. The van der Waals surface area contributed by atoms with Crippen molar-refractivity contribution in [1.82, 2.24) is 15.2 Å². The van der Waals surface area contributed by atoms with E-state index in [1.165, 1.54) is 36.9 Å². The van der Waals surface area contributed by atoms with Crippen molar-refractivity contribution in [2.45, 2.75) is 26.2 Å². The molecule has 0 aliphatic rings. The number of benzene rings is 3. The molecule has 8 heteroatoms. The Balaban J connectivity index is 1.70. The molecule has 3 aromatic carbocycles. The van der Waals surface area contributed by atoms with Gasteiger partial charge in [0, 0.05) is 23.7 Å². The minimum absolute atomic E-state index is 0.00314. The Bertz CT molecular complexity index is 1480. The van der Waals surface area contributed by atoms with Gasteiger partial charge in [0.05, 0.1) is 12.7 Å². The average molecular weight is 511 g/mol. The number of aryl methyl sites for hydroxylation is 1. The molecule has 0 aliphatic carbocycles. The monoisotopic (exact) mass is 510 g/mol. The van der Waals surface area contributed by atoms with Crippen molar-refractivity contribution in [3.05, 3.63) is 107 Å². The van der Waals surface area contributed by atoms with E-state index in [2.05, 4.69) is 36.4 Å². The van der Waals surface area contributed by atoms with Gasteiger partial charge in [-0.3, -0.25) is 9.48 Å². The fourth-order valence-corrected chi connectivity index (χ4v) is 4.02. The van der Waals surface area contributed by atoms with E-state index in [0.717, 1.165) is 5.56 Å². The predicted octanol–water partition coefficient (Wildman–Crippen LogP) is 5.06. The maximum absolute atomic E-state index is 12.8. The zero-order valence-corrected chi connectivity index (χ0v) is 22.0. The molecule has 0 bridgehead atoms. The van der Waals surface area contributed by atoms with Crippen LogP contribution in [-0.2, 0) is 17.2 Å². The van der Waals surface area contributed by atoms with Crippen molar-refractivity contribution in [2.75, 3.05) is 7.11 Å². The van der Waals surface area contributed by atoms with E-state index in [-0.39, 0.29) is 16.9 Å². The van der Waals surface area contributed by atoms with Gasteiger partial charge in [0.2, 0.25) is 0 Å². The standard InChI is InChI=1S/C30H30N4O4/c1-30(2,3)23-17-15-20(16-18-23)26-27(35)25(33-34(26)4)24(19-9-7-6-8-10-19)31-32-28(36)21-11-13-22(14-12-21)29(37)38-5/h6-18,35H,1-5H3,(H,32,36)/b31-24-. The molecule has 0 unspecified atom stereocenters. The molecule has 1 amide bonds. The predicted molar refractivity (Wildman–Crippen MR) is 146 cm³/mol. The van der Waals surface area contributed by atoms with Gasteiger partial charge in [0.25, 0.3) is 5.91 Å². The van der Waals surface area contributed by atoms with Crippen LogP contribution in [0.3, 0.4) is 0 Å². The summed E-state index contributed by atoms with van der Waals surface area (Å²) in [6, 6.07) is 23.2. The van der Waals surface area contributed by atoms with E-state index in [1.54, 1.807) is 11.7 Å². The first-order valence-corrected chi connectivity index (χ1v) is 12.1. The molecule has 0 aliphatic heterocycles. The Labute approximate surface area is 221 Å². The van der Waals surface area contributed by atoms with Gasteiger partial charge < -0.3 is 9.84 Å². The highest BCUT2D eigenvalue weighted by atomic mass is 16.5. The Morgan fingerprint density at radius 3 is 2.08 bits per heavy atom. The Morgan fingerprint density at radius 2 is 1.50 bits per heavy atom. The van der Waals surface area contributed by atoms with Crippen molar-refractivity contribution in [2.24, 2.45) is 12.1 Å². The summed E-state index contributed by atoms with van der Waals surface area (Å²) in [7, 11) is 3.04. The number of nitrogens with zero attached hydrogens (tertiary/aromatic N) is 3. The largest absolute Gasteiger partial charge is 0.504 e. The van der Waals surface area contributed by atoms with Gasteiger partial charge in [-0.05, 0) is 35.2 Å². The number of aromatic hydroxyl groups is 1. The van der Waals surface area contributed by atoms with Gasteiger partial charge in [0.1, 0.15) is 11.4 Å². The second-order valence-electron chi connectivity index (χ2n) is 9.83. The maximum atomic E-state index is 12.8. The molecule has 0 fully saturated rings. The number of esters is 1. The normalized spacial score (nSPS) is 11.8. The number of carbonyl (C=O) groups excluding carboxylic acids is 2. The molecule has 4 aromatic rings. The maximum Gasteiger partial charge on any atom is 0.337 e. The lowest BCUT2D eigenvalue weighted by Crippen LogP contribution is -2.21. The zero-order chi connectivity index (χ0) is 27.4. The molecule has 0 spiro atoms. The molecular weight excluding hydrogens is 480 g/mol. The van der Waals surface area contributed by atoms with Gasteiger partial charge in [0.15, 0.2) is 11.4 Å². The Hall–Kier alpha value is -4.72. The van der Waals surface area contributed by atoms with E-state index >= 15 is 0 Å². The van der Waals surface area contributed by atoms with Crippen LogP contribution in [0.4, 0.5) is 0 Å². The number of aromatic nitrogens is 2. The molecule has 8 nitrogen and oxygen atoms in total. The number of ether oxygens (including phenoxy) is 1. The highest BCUT2D eigenvalue weighted by Gasteiger charge is 2.23. The molecule has 0 atom stereocenters. The summed E-state index contributed by atoms with van der Waals surface area (Å²) in [4.78, 5) is 24.5. The molecule has 2 N–H and O–H groups in total. The lowest BCUT2D eigenvalue weighted by Gasteiger charge is -2.19. The third-order valence-electron chi connectivity index (χ3n) is 6.16. The summed E-state index contributed by atoms with van der Waals surface area (Å²) in [5, 5.41) is 20.2. The van der Waals surface area contributed by atoms with Crippen LogP contribution in [0.25, 0.3) is 11.3 Å². The summed E-state index contributed by atoms with van der Waals surface area (Å²) in [6.07, 6.45) is 0. The summed E-state index contributed by atoms with van der Waals surface area (Å²) < 4.78 is 6.29. The van der Waals surface area contributed by atoms with Crippen LogP contribution < -0.4 is 5.43 Å². The molecule has 0 radical (unpaired) electrons. The van der Waals surface area contributed by atoms with Gasteiger partial charge in [-0.1, -0.05) is 75.4 Å². The zero-order valence-electron chi connectivity index (χ0n) is 22.0. The van der Waals surface area contributed by atoms with Crippen LogP contribution in [0.2, 0.25) is 0 Å². The van der Waals surface area contributed by atoms with Crippen molar-refractivity contribution < 1.29 is 19.4 Å². The first-order chi connectivity index (χ1) is 18.1. The summed E-state index contributed by atoms with van der Waals surface area (Å²) in [6.45, 7) is 6.43. The van der Waals surface area contributed by atoms with Crippen molar-refractivity contribution in [1.29, 1.82) is 0 Å². The number of rotatable bonds is 6. The van der Waals surface area contributed by atoms with E-state index in [4.69, 9.17) is 4.74 Å². The highest BCUT2D eigenvalue weighted by Crippen LogP contribution is 2.34. The molecule has 38 heavy (non-hydrogen) atoms. The number of amides is 1. The number of methoxy groups -OCH3 is 1. The fourth-order valence-electron chi connectivity index (χ4n) is 4.02. The van der Waals surface area contributed by atoms with Gasteiger partial charge in [-0.15, -0.1) is 0 Å². The SMILES string of the molecule is COC(=O)c1ccc(C(=O)N/N=C(/c2ccccc2)c2nn(C)c(-c3ccc(C(C)(C)C)cc3)c2O)cc1. The topological polar surface area (TPSA) is 106 Å². The smallest absolute Gasteiger partial charge is 0.337 e. The van der Waals surface area contributed by atoms with E-state index < -0.39 is 11.9 Å². The van der Waals surface area contributed by atoms with Crippen molar-refractivity contribution in [3.63, 3.8) is 0 Å². The van der Waals surface area contributed by atoms with Crippen LogP contribution in [0.1, 0.15) is 58.3 Å². The third-order valence-corrected chi connectivity index (χ3v) is 6.16. The first kappa shape index (κ1) is 26.3. The number of hydrogen-bond donors (Lipinski definition) is 2. The molecule has 4 rings (SSSR count). The van der Waals surface area contributed by atoms with Gasteiger partial charge in [-0.2, -0.15) is 10.2 Å². The first-order valence-electron chi connectivity index (χ1n) is 12.1. The molecule has 0 saturated carbocycles. The Kier molecular flexibility index (Phi) is 7.43. The number of hydrogen-bond acceptors (Lipinski definition) is 6. The second kappa shape index (κ2) is 10.7. The average Bonchev–Trinajstić information content (AvgIpc) is 3.21. The summed E-state index contributed by atoms with van der Waals surface area (Å²) in [5.41, 5.74) is 6.91.